The van der Waals surface area contributed by atoms with E-state index < -0.39 is 0 Å². The van der Waals surface area contributed by atoms with Crippen molar-refractivity contribution >= 4 is 5.65 Å². The topological polar surface area (TPSA) is 87.1 Å². The van der Waals surface area contributed by atoms with E-state index in [0.717, 1.165) is 16.9 Å². The monoisotopic (exact) mass is 421 g/mol. The number of nitrogens with one attached hydrogen (secondary N) is 1. The third-order valence-corrected chi connectivity index (χ3v) is 4.93. The molecule has 1 N–H and O–H groups in total. The minimum atomic E-state index is -0.231. The second-order valence-corrected chi connectivity index (χ2v) is 6.70. The highest BCUT2D eigenvalue weighted by atomic mass is 16.5. The maximum absolute atomic E-state index is 12.8. The molecule has 4 aromatic rings. The second kappa shape index (κ2) is 8.43. The summed E-state index contributed by atoms with van der Waals surface area (Å²) in [5.41, 5.74) is 3.17. The Morgan fingerprint density at radius 2 is 1.61 bits per heavy atom. The number of nitrogens with zero attached hydrogens (tertiary/aromatic N) is 2. The lowest BCUT2D eigenvalue weighted by Crippen LogP contribution is -2.14. The van der Waals surface area contributed by atoms with Gasteiger partial charge in [0.1, 0.15) is 5.75 Å². The Hall–Kier alpha value is -3.94. The van der Waals surface area contributed by atoms with Gasteiger partial charge in [-0.3, -0.25) is 9.89 Å². The molecule has 0 aliphatic heterocycles. The number of ether oxygens (including phenoxy) is 4. The second-order valence-electron chi connectivity index (χ2n) is 6.70. The molecule has 0 amide bonds. The van der Waals surface area contributed by atoms with E-state index in [1.54, 1.807) is 39.7 Å². The number of methoxy groups -OCH3 is 3. The first-order valence-corrected chi connectivity index (χ1v) is 9.74. The van der Waals surface area contributed by atoms with Crippen molar-refractivity contribution in [1.29, 1.82) is 0 Å². The van der Waals surface area contributed by atoms with E-state index >= 15 is 0 Å². The molecule has 2 aromatic heterocycles. The van der Waals surface area contributed by atoms with Gasteiger partial charge in [0, 0.05) is 23.4 Å². The van der Waals surface area contributed by atoms with E-state index in [1.165, 1.54) is 10.6 Å². The van der Waals surface area contributed by atoms with Crippen molar-refractivity contribution in [2.45, 2.75) is 6.92 Å². The summed E-state index contributed by atoms with van der Waals surface area (Å²) in [7, 11) is 4.63. The van der Waals surface area contributed by atoms with Gasteiger partial charge in [0.25, 0.3) is 5.56 Å². The van der Waals surface area contributed by atoms with Crippen LogP contribution in [0.15, 0.2) is 53.5 Å². The molecular weight excluding hydrogens is 398 g/mol. The highest BCUT2D eigenvalue weighted by Gasteiger charge is 2.17. The third-order valence-electron chi connectivity index (χ3n) is 4.93. The van der Waals surface area contributed by atoms with Crippen molar-refractivity contribution in [2.75, 3.05) is 27.9 Å². The molecule has 0 aliphatic rings. The molecule has 0 atom stereocenters. The van der Waals surface area contributed by atoms with Crippen LogP contribution in [0.2, 0.25) is 0 Å². The molecule has 0 unspecified atom stereocenters. The largest absolute Gasteiger partial charge is 0.494 e. The zero-order valence-electron chi connectivity index (χ0n) is 17.8. The van der Waals surface area contributed by atoms with Crippen LogP contribution in [0.25, 0.3) is 28.0 Å². The molecule has 0 saturated carbocycles. The van der Waals surface area contributed by atoms with Gasteiger partial charge in [-0.25, -0.2) is 9.50 Å². The molecular formula is C23H23N3O5. The number of hydrogen-bond donors (Lipinski definition) is 1. The lowest BCUT2D eigenvalue weighted by atomic mass is 10.1. The molecule has 8 heteroatoms. The number of aromatic nitrogens is 3. The van der Waals surface area contributed by atoms with Crippen LogP contribution < -0.4 is 24.5 Å². The summed E-state index contributed by atoms with van der Waals surface area (Å²) in [5.74, 6) is 2.23. The van der Waals surface area contributed by atoms with E-state index in [9.17, 15) is 4.79 Å². The van der Waals surface area contributed by atoms with Crippen LogP contribution in [0.1, 0.15) is 6.92 Å². The molecule has 2 aromatic carbocycles. The predicted octanol–water partition coefficient (Wildman–Crippen LogP) is 3.78. The lowest BCUT2D eigenvalue weighted by Gasteiger charge is -2.14. The molecule has 2 heterocycles. The average Bonchev–Trinajstić information content (AvgIpc) is 3.23. The number of rotatable bonds is 7. The maximum Gasteiger partial charge on any atom is 0.273 e. The highest BCUT2D eigenvalue weighted by molar-refractivity contribution is 5.79. The van der Waals surface area contributed by atoms with Gasteiger partial charge in [-0.1, -0.05) is 12.1 Å². The Morgan fingerprint density at radius 1 is 0.935 bits per heavy atom. The number of aromatic amines is 1. The zero-order valence-corrected chi connectivity index (χ0v) is 17.8. The fourth-order valence-electron chi connectivity index (χ4n) is 3.47. The van der Waals surface area contributed by atoms with Crippen molar-refractivity contribution in [3.8, 4) is 45.4 Å². The molecule has 0 bridgehead atoms. The van der Waals surface area contributed by atoms with Crippen molar-refractivity contribution in [2.24, 2.45) is 0 Å². The van der Waals surface area contributed by atoms with Gasteiger partial charge >= 0.3 is 0 Å². The summed E-state index contributed by atoms with van der Waals surface area (Å²) in [6.07, 6.45) is 1.76. The van der Waals surface area contributed by atoms with Crippen molar-refractivity contribution in [3.05, 3.63) is 59.0 Å². The normalized spacial score (nSPS) is 10.8. The Kier molecular flexibility index (Phi) is 5.53. The molecule has 4 rings (SSSR count). The summed E-state index contributed by atoms with van der Waals surface area (Å²) in [6, 6.07) is 12.7. The molecule has 0 radical (unpaired) electrons. The summed E-state index contributed by atoms with van der Waals surface area (Å²) in [5, 5.41) is 2.98. The number of hydrogen-bond acceptors (Lipinski definition) is 6. The summed E-state index contributed by atoms with van der Waals surface area (Å²) in [4.78, 5) is 17.5. The van der Waals surface area contributed by atoms with Crippen LogP contribution in [-0.2, 0) is 0 Å². The van der Waals surface area contributed by atoms with Crippen molar-refractivity contribution in [1.82, 2.24) is 14.6 Å². The zero-order chi connectivity index (χ0) is 22.0. The van der Waals surface area contributed by atoms with Crippen molar-refractivity contribution < 1.29 is 18.9 Å². The van der Waals surface area contributed by atoms with Gasteiger partial charge in [-0.2, -0.15) is 0 Å². The number of benzene rings is 2. The Labute approximate surface area is 179 Å². The Morgan fingerprint density at radius 3 is 2.19 bits per heavy atom. The quantitative estimate of drug-likeness (QED) is 0.489. The average molecular weight is 421 g/mol. The van der Waals surface area contributed by atoms with E-state index in [4.69, 9.17) is 23.9 Å². The minimum absolute atomic E-state index is 0.231. The van der Waals surface area contributed by atoms with Gasteiger partial charge in [-0.05, 0) is 36.8 Å². The predicted molar refractivity (Wildman–Crippen MR) is 118 cm³/mol. The van der Waals surface area contributed by atoms with Crippen LogP contribution in [-0.4, -0.2) is 42.5 Å². The summed E-state index contributed by atoms with van der Waals surface area (Å²) >= 11 is 0. The molecule has 0 aliphatic carbocycles. The van der Waals surface area contributed by atoms with Gasteiger partial charge in [0.2, 0.25) is 5.75 Å². The van der Waals surface area contributed by atoms with Gasteiger partial charge in [0.05, 0.1) is 33.6 Å². The smallest absolute Gasteiger partial charge is 0.273 e. The number of H-pyrrole nitrogens is 1. The van der Waals surface area contributed by atoms with Crippen LogP contribution in [0, 0.1) is 0 Å². The van der Waals surface area contributed by atoms with E-state index in [1.807, 2.05) is 31.2 Å². The van der Waals surface area contributed by atoms with Gasteiger partial charge < -0.3 is 18.9 Å². The van der Waals surface area contributed by atoms with Crippen LogP contribution in [0.4, 0.5) is 0 Å². The van der Waals surface area contributed by atoms with Crippen LogP contribution in [0.3, 0.4) is 0 Å². The Balaban J connectivity index is 1.86. The summed E-state index contributed by atoms with van der Waals surface area (Å²) < 4.78 is 23.2. The van der Waals surface area contributed by atoms with Gasteiger partial charge in [-0.15, -0.1) is 0 Å². The fourth-order valence-corrected chi connectivity index (χ4v) is 3.47. The molecule has 0 spiro atoms. The molecule has 31 heavy (non-hydrogen) atoms. The number of fused-ring (bicyclic) bond motifs is 1. The van der Waals surface area contributed by atoms with Crippen molar-refractivity contribution in [3.63, 3.8) is 0 Å². The molecule has 0 saturated heterocycles. The SMILES string of the molecule is CCOc1ccc(-c2c[nH]n3c(=O)cc(-c4cc(OC)c(OC)c(OC)c4)nc23)cc1. The fraction of sp³-hybridized carbons (Fsp3) is 0.217. The maximum atomic E-state index is 12.8. The third kappa shape index (κ3) is 3.68. The van der Waals surface area contributed by atoms with E-state index in [-0.39, 0.29) is 5.56 Å². The van der Waals surface area contributed by atoms with E-state index in [2.05, 4.69) is 5.10 Å². The first-order valence-electron chi connectivity index (χ1n) is 9.74. The standard InChI is InChI=1S/C23H23N3O5/c1-5-31-16-8-6-14(7-9-16)17-13-24-26-21(27)12-18(25-23(17)26)15-10-19(28-2)22(30-4)20(11-15)29-3/h6-13,24H,5H2,1-4H3. The van der Waals surface area contributed by atoms with E-state index in [0.29, 0.717) is 40.8 Å². The van der Waals surface area contributed by atoms with Crippen LogP contribution in [0.5, 0.6) is 23.0 Å². The molecule has 8 nitrogen and oxygen atoms in total. The van der Waals surface area contributed by atoms with Gasteiger partial charge in [0.15, 0.2) is 17.1 Å². The molecule has 160 valence electrons. The summed E-state index contributed by atoms with van der Waals surface area (Å²) in [6.45, 7) is 2.54. The first kappa shape index (κ1) is 20.3. The first-order chi connectivity index (χ1) is 15.1. The molecule has 0 fully saturated rings. The van der Waals surface area contributed by atoms with Crippen LogP contribution >= 0.6 is 0 Å². The lowest BCUT2D eigenvalue weighted by molar-refractivity contribution is 0.324. The Bertz CT molecular complexity index is 1250. The minimum Gasteiger partial charge on any atom is -0.494 e. The highest BCUT2D eigenvalue weighted by Crippen LogP contribution is 2.40.